The molecule has 0 aliphatic carbocycles. The quantitative estimate of drug-likeness (QED) is 0.742. The molecule has 116 valence electrons. The Hall–Kier alpha value is -2.49. The van der Waals surface area contributed by atoms with E-state index in [0.717, 1.165) is 29.0 Å². The Morgan fingerprint density at radius 3 is 2.41 bits per heavy atom. The van der Waals surface area contributed by atoms with Crippen molar-refractivity contribution in [1.82, 2.24) is 5.32 Å². The molecule has 0 spiro atoms. The lowest BCUT2D eigenvalue weighted by atomic mass is 10.1. The first-order chi connectivity index (χ1) is 10.5. The zero-order chi connectivity index (χ0) is 16.1. The molecular weight excluding hydrogens is 274 g/mol. The van der Waals surface area contributed by atoms with Gasteiger partial charge < -0.3 is 16.4 Å². The van der Waals surface area contributed by atoms with Crippen molar-refractivity contribution in [1.29, 1.82) is 0 Å². The van der Waals surface area contributed by atoms with Crippen molar-refractivity contribution in [3.05, 3.63) is 59.2 Å². The Morgan fingerprint density at radius 2 is 1.82 bits per heavy atom. The van der Waals surface area contributed by atoms with Gasteiger partial charge in [0, 0.05) is 29.5 Å². The second-order valence-corrected chi connectivity index (χ2v) is 5.75. The van der Waals surface area contributed by atoms with Crippen LogP contribution in [-0.2, 0) is 6.54 Å². The molecule has 0 fully saturated rings. The van der Waals surface area contributed by atoms with E-state index in [-0.39, 0.29) is 11.9 Å². The van der Waals surface area contributed by atoms with Gasteiger partial charge in [0.2, 0.25) is 0 Å². The summed E-state index contributed by atoms with van der Waals surface area (Å²) in [5.74, 6) is -0.0387. The number of hydrogen-bond acceptors (Lipinski definition) is 3. The van der Waals surface area contributed by atoms with Gasteiger partial charge in [0.15, 0.2) is 0 Å². The standard InChI is InChI=1S/C18H23N3O/c1-12(2)21-18(22)15-6-9-17(13(3)10-15)20-11-14-4-7-16(19)8-5-14/h4-10,12,20H,11,19H2,1-3H3,(H,21,22). The summed E-state index contributed by atoms with van der Waals surface area (Å²) in [6, 6.07) is 13.6. The van der Waals surface area contributed by atoms with Crippen LogP contribution in [0.4, 0.5) is 11.4 Å². The summed E-state index contributed by atoms with van der Waals surface area (Å²) in [5.41, 5.74) is 10.4. The van der Waals surface area contributed by atoms with Crippen LogP contribution in [0.3, 0.4) is 0 Å². The molecule has 22 heavy (non-hydrogen) atoms. The molecule has 2 aromatic rings. The lowest BCUT2D eigenvalue weighted by Gasteiger charge is -2.13. The second-order valence-electron chi connectivity index (χ2n) is 5.75. The van der Waals surface area contributed by atoms with E-state index < -0.39 is 0 Å². The van der Waals surface area contributed by atoms with E-state index in [9.17, 15) is 4.79 Å². The number of nitrogens with two attached hydrogens (primary N) is 1. The van der Waals surface area contributed by atoms with Crippen LogP contribution < -0.4 is 16.4 Å². The van der Waals surface area contributed by atoms with E-state index >= 15 is 0 Å². The molecule has 4 nitrogen and oxygen atoms in total. The van der Waals surface area contributed by atoms with Crippen molar-refractivity contribution in [2.75, 3.05) is 11.1 Å². The van der Waals surface area contributed by atoms with Crippen molar-refractivity contribution in [3.63, 3.8) is 0 Å². The molecule has 0 atom stereocenters. The number of nitrogen functional groups attached to an aromatic ring is 1. The SMILES string of the molecule is Cc1cc(C(=O)NC(C)C)ccc1NCc1ccc(N)cc1. The van der Waals surface area contributed by atoms with Gasteiger partial charge in [-0.1, -0.05) is 12.1 Å². The average Bonchev–Trinajstić information content (AvgIpc) is 2.47. The fraction of sp³-hybridized carbons (Fsp3) is 0.278. The summed E-state index contributed by atoms with van der Waals surface area (Å²) in [6.07, 6.45) is 0. The molecule has 2 aromatic carbocycles. The number of nitrogens with one attached hydrogen (secondary N) is 2. The summed E-state index contributed by atoms with van der Waals surface area (Å²) >= 11 is 0. The molecule has 0 aliphatic heterocycles. The van der Waals surface area contributed by atoms with Crippen LogP contribution in [-0.4, -0.2) is 11.9 Å². The molecule has 4 heteroatoms. The van der Waals surface area contributed by atoms with E-state index in [1.54, 1.807) is 0 Å². The van der Waals surface area contributed by atoms with Crippen LogP contribution in [0.2, 0.25) is 0 Å². The van der Waals surface area contributed by atoms with Gasteiger partial charge in [-0.2, -0.15) is 0 Å². The first-order valence-corrected chi connectivity index (χ1v) is 7.45. The predicted molar refractivity (Wildman–Crippen MR) is 92.0 cm³/mol. The highest BCUT2D eigenvalue weighted by atomic mass is 16.1. The first-order valence-electron chi connectivity index (χ1n) is 7.45. The highest BCUT2D eigenvalue weighted by molar-refractivity contribution is 5.95. The van der Waals surface area contributed by atoms with Crippen LogP contribution in [0.15, 0.2) is 42.5 Å². The Morgan fingerprint density at radius 1 is 1.14 bits per heavy atom. The van der Waals surface area contributed by atoms with Crippen molar-refractivity contribution in [3.8, 4) is 0 Å². The second kappa shape index (κ2) is 6.98. The number of carbonyl (C=O) groups is 1. The van der Waals surface area contributed by atoms with Gasteiger partial charge in [0.1, 0.15) is 0 Å². The molecule has 4 N–H and O–H groups in total. The topological polar surface area (TPSA) is 67.2 Å². The fourth-order valence-electron chi connectivity index (χ4n) is 2.18. The summed E-state index contributed by atoms with van der Waals surface area (Å²) in [4.78, 5) is 12.0. The van der Waals surface area contributed by atoms with E-state index in [1.807, 2.05) is 63.2 Å². The van der Waals surface area contributed by atoms with E-state index in [0.29, 0.717) is 5.56 Å². The third-order valence-corrected chi connectivity index (χ3v) is 3.37. The number of aryl methyl sites for hydroxylation is 1. The number of amides is 1. The summed E-state index contributed by atoms with van der Waals surface area (Å²) < 4.78 is 0. The molecule has 1 amide bonds. The Bertz CT molecular complexity index is 648. The molecule has 0 unspecified atom stereocenters. The summed E-state index contributed by atoms with van der Waals surface area (Å²) in [6.45, 7) is 6.62. The van der Waals surface area contributed by atoms with E-state index in [1.165, 1.54) is 0 Å². The Labute approximate surface area is 131 Å². The van der Waals surface area contributed by atoms with Gasteiger partial charge in [-0.05, 0) is 62.2 Å². The van der Waals surface area contributed by atoms with Gasteiger partial charge >= 0.3 is 0 Å². The lowest BCUT2D eigenvalue weighted by Crippen LogP contribution is -2.30. The van der Waals surface area contributed by atoms with Crippen LogP contribution in [0.25, 0.3) is 0 Å². The van der Waals surface area contributed by atoms with Gasteiger partial charge in [0.25, 0.3) is 5.91 Å². The normalized spacial score (nSPS) is 10.5. The average molecular weight is 297 g/mol. The monoisotopic (exact) mass is 297 g/mol. The summed E-state index contributed by atoms with van der Waals surface area (Å²) in [5, 5.41) is 6.28. The maximum absolute atomic E-state index is 12.0. The molecule has 0 saturated heterocycles. The molecular formula is C18H23N3O. The first kappa shape index (κ1) is 15.9. The van der Waals surface area contributed by atoms with Crippen molar-refractivity contribution >= 4 is 17.3 Å². The van der Waals surface area contributed by atoms with Crippen molar-refractivity contribution in [2.45, 2.75) is 33.4 Å². The molecule has 0 aliphatic rings. The zero-order valence-electron chi connectivity index (χ0n) is 13.3. The number of carbonyl (C=O) groups excluding carboxylic acids is 1. The largest absolute Gasteiger partial charge is 0.399 e. The Kier molecular flexibility index (Phi) is 5.04. The molecule has 0 bridgehead atoms. The minimum absolute atomic E-state index is 0.0387. The highest BCUT2D eigenvalue weighted by Crippen LogP contribution is 2.18. The van der Waals surface area contributed by atoms with E-state index in [4.69, 9.17) is 5.73 Å². The smallest absolute Gasteiger partial charge is 0.251 e. The molecule has 0 aromatic heterocycles. The van der Waals surface area contributed by atoms with Crippen LogP contribution >= 0.6 is 0 Å². The van der Waals surface area contributed by atoms with Crippen molar-refractivity contribution in [2.24, 2.45) is 0 Å². The third-order valence-electron chi connectivity index (χ3n) is 3.37. The van der Waals surface area contributed by atoms with E-state index in [2.05, 4.69) is 10.6 Å². The number of anilines is 2. The summed E-state index contributed by atoms with van der Waals surface area (Å²) in [7, 11) is 0. The molecule has 0 heterocycles. The number of rotatable bonds is 5. The van der Waals surface area contributed by atoms with Crippen molar-refractivity contribution < 1.29 is 4.79 Å². The highest BCUT2D eigenvalue weighted by Gasteiger charge is 2.08. The minimum Gasteiger partial charge on any atom is -0.399 e. The molecule has 2 rings (SSSR count). The number of benzene rings is 2. The van der Waals surface area contributed by atoms with Crippen LogP contribution in [0.5, 0.6) is 0 Å². The van der Waals surface area contributed by atoms with Crippen LogP contribution in [0.1, 0.15) is 35.3 Å². The molecule has 0 radical (unpaired) electrons. The lowest BCUT2D eigenvalue weighted by molar-refractivity contribution is 0.0943. The van der Waals surface area contributed by atoms with Gasteiger partial charge in [-0.25, -0.2) is 0 Å². The maximum Gasteiger partial charge on any atom is 0.251 e. The molecule has 0 saturated carbocycles. The zero-order valence-corrected chi connectivity index (χ0v) is 13.3. The third kappa shape index (κ3) is 4.25. The van der Waals surface area contributed by atoms with Crippen LogP contribution in [0, 0.1) is 6.92 Å². The maximum atomic E-state index is 12.0. The van der Waals surface area contributed by atoms with Gasteiger partial charge in [-0.3, -0.25) is 4.79 Å². The fourth-order valence-corrected chi connectivity index (χ4v) is 2.18. The Balaban J connectivity index is 2.03. The predicted octanol–water partition coefficient (Wildman–Crippen LogP) is 3.33. The minimum atomic E-state index is -0.0387. The number of hydrogen-bond donors (Lipinski definition) is 3. The van der Waals surface area contributed by atoms with Gasteiger partial charge in [-0.15, -0.1) is 0 Å². The van der Waals surface area contributed by atoms with Gasteiger partial charge in [0.05, 0.1) is 0 Å².